The highest BCUT2D eigenvalue weighted by atomic mass is 32.1. The lowest BCUT2D eigenvalue weighted by Crippen LogP contribution is -2.18. The van der Waals surface area contributed by atoms with Gasteiger partial charge in [0, 0.05) is 0 Å². The molecule has 0 atom stereocenters. The van der Waals surface area contributed by atoms with Crippen molar-refractivity contribution < 1.29 is 9.47 Å². The molecule has 66 valence electrons. The molecule has 0 heterocycles. The Hall–Kier alpha value is -0.190. The van der Waals surface area contributed by atoms with Crippen LogP contribution in [0, 0.1) is 0 Å². The van der Waals surface area contributed by atoms with Gasteiger partial charge in [0.05, 0.1) is 30.9 Å². The lowest BCUT2D eigenvalue weighted by atomic mass is 10.5. The van der Waals surface area contributed by atoms with Crippen LogP contribution in [0.1, 0.15) is 13.8 Å². The van der Waals surface area contributed by atoms with Crippen molar-refractivity contribution in [1.82, 2.24) is 0 Å². The van der Waals surface area contributed by atoms with Crippen molar-refractivity contribution in [1.29, 1.82) is 0 Å². The second kappa shape index (κ2) is 6.52. The number of hydrogen-bond donors (Lipinski definition) is 1. The summed E-state index contributed by atoms with van der Waals surface area (Å²) in [4.78, 5) is 0.384. The van der Waals surface area contributed by atoms with Crippen LogP contribution in [0.4, 0.5) is 0 Å². The molecular formula is C7H15NO2S. The second-order valence-electron chi connectivity index (χ2n) is 2.44. The lowest BCUT2D eigenvalue weighted by Gasteiger charge is -2.06. The van der Waals surface area contributed by atoms with Crippen LogP contribution in [0.3, 0.4) is 0 Å². The van der Waals surface area contributed by atoms with E-state index in [9.17, 15) is 0 Å². The molecule has 3 nitrogen and oxygen atoms in total. The average molecular weight is 177 g/mol. The standard InChI is InChI=1S/C7H15NO2S/c1-6(2)10-4-3-9-5-7(8)11/h6H,3-5H2,1-2H3,(H2,8,11). The Kier molecular flexibility index (Phi) is 6.40. The molecule has 0 saturated heterocycles. The van der Waals surface area contributed by atoms with Crippen LogP contribution in [0.5, 0.6) is 0 Å². The van der Waals surface area contributed by atoms with Gasteiger partial charge in [0.15, 0.2) is 0 Å². The molecule has 0 rings (SSSR count). The summed E-state index contributed by atoms with van der Waals surface area (Å²) in [5, 5.41) is 0. The first-order valence-corrected chi connectivity index (χ1v) is 4.01. The van der Waals surface area contributed by atoms with Gasteiger partial charge in [-0.15, -0.1) is 0 Å². The first-order valence-electron chi connectivity index (χ1n) is 3.60. The number of nitrogens with two attached hydrogens (primary N) is 1. The maximum atomic E-state index is 5.21. The largest absolute Gasteiger partial charge is 0.391 e. The third-order valence-corrected chi connectivity index (χ3v) is 1.04. The molecule has 0 aromatic carbocycles. The molecule has 0 bridgehead atoms. The highest BCUT2D eigenvalue weighted by molar-refractivity contribution is 7.80. The Bertz CT molecular complexity index is 117. The van der Waals surface area contributed by atoms with Crippen molar-refractivity contribution in [2.24, 2.45) is 5.73 Å². The van der Waals surface area contributed by atoms with E-state index in [4.69, 9.17) is 15.2 Å². The fourth-order valence-corrected chi connectivity index (χ4v) is 0.599. The fraction of sp³-hybridized carbons (Fsp3) is 0.857. The zero-order valence-corrected chi connectivity index (χ0v) is 7.82. The van der Waals surface area contributed by atoms with Gasteiger partial charge in [-0.2, -0.15) is 0 Å². The zero-order chi connectivity index (χ0) is 8.69. The molecule has 0 aromatic rings. The maximum Gasteiger partial charge on any atom is 0.0989 e. The minimum Gasteiger partial charge on any atom is -0.391 e. The molecule has 0 aliphatic heterocycles. The first kappa shape index (κ1) is 10.8. The zero-order valence-electron chi connectivity index (χ0n) is 7.00. The Morgan fingerprint density at radius 1 is 1.45 bits per heavy atom. The molecule has 0 aliphatic carbocycles. The molecule has 0 radical (unpaired) electrons. The minimum absolute atomic E-state index is 0.253. The summed E-state index contributed by atoms with van der Waals surface area (Å²) in [6.07, 6.45) is 0.253. The minimum atomic E-state index is 0.253. The number of ether oxygens (including phenoxy) is 2. The first-order chi connectivity index (χ1) is 5.13. The van der Waals surface area contributed by atoms with Crippen LogP contribution in [0.25, 0.3) is 0 Å². The summed E-state index contributed by atoms with van der Waals surface area (Å²) in [6.45, 7) is 5.45. The fourth-order valence-electron chi connectivity index (χ4n) is 0.516. The van der Waals surface area contributed by atoms with Gasteiger partial charge >= 0.3 is 0 Å². The normalized spacial score (nSPS) is 10.5. The molecule has 0 unspecified atom stereocenters. The van der Waals surface area contributed by atoms with Crippen molar-refractivity contribution >= 4 is 17.2 Å². The van der Waals surface area contributed by atoms with E-state index in [0.717, 1.165) is 0 Å². The number of rotatable bonds is 6. The highest BCUT2D eigenvalue weighted by Crippen LogP contribution is 1.86. The predicted molar refractivity (Wildman–Crippen MR) is 48.7 cm³/mol. The molecule has 0 saturated carbocycles. The van der Waals surface area contributed by atoms with Gasteiger partial charge < -0.3 is 15.2 Å². The topological polar surface area (TPSA) is 44.5 Å². The summed E-state index contributed by atoms with van der Waals surface area (Å²) in [6, 6.07) is 0. The molecule has 0 spiro atoms. The summed E-state index contributed by atoms with van der Waals surface area (Å²) < 4.78 is 10.3. The van der Waals surface area contributed by atoms with Gasteiger partial charge in [0.1, 0.15) is 0 Å². The van der Waals surface area contributed by atoms with E-state index < -0.39 is 0 Å². The molecule has 11 heavy (non-hydrogen) atoms. The van der Waals surface area contributed by atoms with Gasteiger partial charge in [-0.25, -0.2) is 0 Å². The van der Waals surface area contributed by atoms with Crippen molar-refractivity contribution in [3.05, 3.63) is 0 Å². The molecule has 2 N–H and O–H groups in total. The van der Waals surface area contributed by atoms with E-state index in [1.165, 1.54) is 0 Å². The molecule has 0 aliphatic rings. The Balaban J connectivity index is 2.97. The quantitative estimate of drug-likeness (QED) is 0.479. The molecular weight excluding hydrogens is 162 g/mol. The summed E-state index contributed by atoms with van der Waals surface area (Å²) >= 11 is 4.61. The third kappa shape index (κ3) is 9.81. The van der Waals surface area contributed by atoms with Crippen molar-refractivity contribution in [3.8, 4) is 0 Å². The Labute approximate surface area is 72.9 Å². The monoisotopic (exact) mass is 177 g/mol. The van der Waals surface area contributed by atoms with Crippen LogP contribution in [0.2, 0.25) is 0 Å². The van der Waals surface area contributed by atoms with E-state index >= 15 is 0 Å². The van der Waals surface area contributed by atoms with Crippen molar-refractivity contribution in [2.45, 2.75) is 20.0 Å². The smallest absolute Gasteiger partial charge is 0.0989 e. The Morgan fingerprint density at radius 2 is 2.09 bits per heavy atom. The van der Waals surface area contributed by atoms with Gasteiger partial charge in [-0.3, -0.25) is 0 Å². The average Bonchev–Trinajstić information content (AvgIpc) is 1.85. The van der Waals surface area contributed by atoms with Gasteiger partial charge in [0.25, 0.3) is 0 Å². The van der Waals surface area contributed by atoms with Crippen LogP contribution >= 0.6 is 12.2 Å². The molecule has 0 fully saturated rings. The van der Waals surface area contributed by atoms with Gasteiger partial charge in [-0.05, 0) is 13.8 Å². The van der Waals surface area contributed by atoms with Gasteiger partial charge in [0.2, 0.25) is 0 Å². The van der Waals surface area contributed by atoms with E-state index in [2.05, 4.69) is 12.2 Å². The SMILES string of the molecule is CC(C)OCCOCC(N)=S. The number of thiocarbonyl (C=S) groups is 1. The molecule has 4 heteroatoms. The van der Waals surface area contributed by atoms with Crippen LogP contribution in [-0.4, -0.2) is 30.9 Å². The summed E-state index contributed by atoms with van der Waals surface area (Å²) in [7, 11) is 0. The van der Waals surface area contributed by atoms with Crippen LogP contribution in [-0.2, 0) is 9.47 Å². The summed E-state index contributed by atoms with van der Waals surface area (Å²) in [5.41, 5.74) is 5.20. The van der Waals surface area contributed by atoms with Gasteiger partial charge in [-0.1, -0.05) is 12.2 Å². The lowest BCUT2D eigenvalue weighted by molar-refractivity contribution is 0.0293. The van der Waals surface area contributed by atoms with Crippen molar-refractivity contribution in [3.63, 3.8) is 0 Å². The molecule has 0 amide bonds. The Morgan fingerprint density at radius 3 is 2.55 bits per heavy atom. The second-order valence-corrected chi connectivity index (χ2v) is 2.96. The third-order valence-electron chi connectivity index (χ3n) is 0.923. The van der Waals surface area contributed by atoms with E-state index in [1.54, 1.807) is 0 Å². The molecule has 0 aromatic heterocycles. The maximum absolute atomic E-state index is 5.21. The predicted octanol–water partition coefficient (Wildman–Crippen LogP) is 0.714. The van der Waals surface area contributed by atoms with Crippen molar-refractivity contribution in [2.75, 3.05) is 19.8 Å². The highest BCUT2D eigenvalue weighted by Gasteiger charge is 1.93. The van der Waals surface area contributed by atoms with E-state index in [-0.39, 0.29) is 6.10 Å². The van der Waals surface area contributed by atoms with E-state index in [1.807, 2.05) is 13.8 Å². The number of hydrogen-bond acceptors (Lipinski definition) is 3. The van der Waals surface area contributed by atoms with E-state index in [0.29, 0.717) is 24.8 Å². The van der Waals surface area contributed by atoms with Crippen LogP contribution in [0.15, 0.2) is 0 Å². The summed E-state index contributed by atoms with van der Waals surface area (Å²) in [5.74, 6) is 0. The van der Waals surface area contributed by atoms with Crippen LogP contribution < -0.4 is 5.73 Å².